The van der Waals surface area contributed by atoms with Crippen LogP contribution in [-0.2, 0) is 22.1 Å². The van der Waals surface area contributed by atoms with Gasteiger partial charge in [0.05, 0.1) is 23.4 Å². The maximum Gasteiger partial charge on any atom is 0.203 e. The molecule has 3 aromatic carbocycles. The van der Waals surface area contributed by atoms with Gasteiger partial charge in [0.1, 0.15) is 5.75 Å². The lowest BCUT2D eigenvalue weighted by molar-refractivity contribution is 0.337. The van der Waals surface area contributed by atoms with Crippen molar-refractivity contribution in [2.24, 2.45) is 0 Å². The first kappa shape index (κ1) is 22.0. The van der Waals surface area contributed by atoms with Gasteiger partial charge in [0.15, 0.2) is 10.8 Å². The zero-order valence-corrected chi connectivity index (χ0v) is 19.0. The summed E-state index contributed by atoms with van der Waals surface area (Å²) in [6.45, 7) is 2.79. The molecule has 0 saturated heterocycles. The monoisotopic (exact) mass is 467 g/mol. The lowest BCUT2D eigenvalue weighted by Crippen LogP contribution is -2.14. The number of halogens is 1. The van der Waals surface area contributed by atoms with Gasteiger partial charge in [-0.15, -0.1) is 0 Å². The highest BCUT2D eigenvalue weighted by atomic mass is 35.5. The number of hydrogen-bond acceptors (Lipinski definition) is 6. The van der Waals surface area contributed by atoms with Crippen LogP contribution >= 0.6 is 11.6 Å². The summed E-state index contributed by atoms with van der Waals surface area (Å²) in [5.41, 5.74) is 2.64. The minimum Gasteiger partial charge on any atom is -0.494 e. The molecule has 4 aromatic rings. The Morgan fingerprint density at radius 2 is 1.56 bits per heavy atom. The molecule has 0 unspecified atom stereocenters. The zero-order chi connectivity index (χ0) is 22.6. The third-order valence-electron chi connectivity index (χ3n) is 4.82. The van der Waals surface area contributed by atoms with Gasteiger partial charge in [0.2, 0.25) is 9.84 Å². The highest BCUT2D eigenvalue weighted by Gasteiger charge is 2.24. The van der Waals surface area contributed by atoms with E-state index in [2.05, 4.69) is 15.3 Å². The summed E-state index contributed by atoms with van der Waals surface area (Å²) in [6, 6.07) is 21.5. The van der Waals surface area contributed by atoms with E-state index in [1.807, 2.05) is 37.3 Å². The second kappa shape index (κ2) is 9.54. The Balaban J connectivity index is 1.71. The van der Waals surface area contributed by atoms with Gasteiger partial charge in [-0.1, -0.05) is 54.1 Å². The number of benzene rings is 3. The molecular weight excluding hydrogens is 446 g/mol. The van der Waals surface area contributed by atoms with E-state index >= 15 is 0 Å². The van der Waals surface area contributed by atoms with Crippen molar-refractivity contribution in [1.82, 2.24) is 9.97 Å². The molecule has 8 heteroatoms. The molecule has 1 aromatic heterocycles. The standard InChI is InChI=1S/C24H22ClN3O3S/c1-2-31-22-10-6-3-7-18(22)15-26-23-24(28-21-9-5-4-8-20(21)27-23)32(29,30)16-17-11-13-19(25)14-12-17/h3-14H,2,15-16H2,1H3,(H,26,27). The molecule has 0 aliphatic rings. The third-order valence-corrected chi connectivity index (χ3v) is 6.66. The topological polar surface area (TPSA) is 81.2 Å². The number of para-hydroxylation sites is 3. The first-order valence-corrected chi connectivity index (χ1v) is 12.2. The SMILES string of the molecule is CCOc1ccccc1CNc1nc2ccccc2nc1S(=O)(=O)Cc1ccc(Cl)cc1. The quantitative estimate of drug-likeness (QED) is 0.380. The van der Waals surface area contributed by atoms with Crippen LogP contribution in [0.3, 0.4) is 0 Å². The maximum atomic E-state index is 13.3. The number of nitrogens with zero attached hydrogens (tertiary/aromatic N) is 2. The average molecular weight is 468 g/mol. The minimum atomic E-state index is -3.78. The highest BCUT2D eigenvalue weighted by molar-refractivity contribution is 7.90. The van der Waals surface area contributed by atoms with E-state index in [-0.39, 0.29) is 16.6 Å². The predicted octanol–water partition coefficient (Wildman–Crippen LogP) is 5.27. The van der Waals surface area contributed by atoms with Gasteiger partial charge < -0.3 is 10.1 Å². The number of hydrogen-bond donors (Lipinski definition) is 1. The number of sulfone groups is 1. The normalized spacial score (nSPS) is 11.4. The van der Waals surface area contributed by atoms with Crippen LogP contribution < -0.4 is 10.1 Å². The van der Waals surface area contributed by atoms with Gasteiger partial charge in [-0.2, -0.15) is 0 Å². The van der Waals surface area contributed by atoms with Crippen LogP contribution in [0.15, 0.2) is 77.8 Å². The molecule has 32 heavy (non-hydrogen) atoms. The van der Waals surface area contributed by atoms with Crippen LogP contribution in [0.1, 0.15) is 18.1 Å². The van der Waals surface area contributed by atoms with Crippen molar-refractivity contribution in [2.75, 3.05) is 11.9 Å². The molecule has 0 aliphatic carbocycles. The lowest BCUT2D eigenvalue weighted by Gasteiger charge is -2.14. The molecule has 6 nitrogen and oxygen atoms in total. The van der Waals surface area contributed by atoms with Gasteiger partial charge >= 0.3 is 0 Å². The molecule has 0 atom stereocenters. The van der Waals surface area contributed by atoms with Crippen molar-refractivity contribution in [3.8, 4) is 5.75 Å². The Hall–Kier alpha value is -3.16. The number of ether oxygens (including phenoxy) is 1. The summed E-state index contributed by atoms with van der Waals surface area (Å²) >= 11 is 5.93. The van der Waals surface area contributed by atoms with E-state index in [1.165, 1.54) is 0 Å². The van der Waals surface area contributed by atoms with E-state index in [0.717, 1.165) is 11.3 Å². The summed E-state index contributed by atoms with van der Waals surface area (Å²) in [6.07, 6.45) is 0. The van der Waals surface area contributed by atoms with Gasteiger partial charge in [-0.25, -0.2) is 18.4 Å². The Bertz CT molecular complexity index is 1340. The Labute approximate surface area is 192 Å². The molecule has 164 valence electrons. The summed E-state index contributed by atoms with van der Waals surface area (Å²) in [5, 5.41) is 3.63. The average Bonchev–Trinajstić information content (AvgIpc) is 2.79. The molecule has 0 saturated carbocycles. The smallest absolute Gasteiger partial charge is 0.203 e. The molecule has 0 radical (unpaired) electrons. The van der Waals surface area contributed by atoms with Crippen LogP contribution in [0.25, 0.3) is 11.0 Å². The zero-order valence-electron chi connectivity index (χ0n) is 17.5. The summed E-state index contributed by atoms with van der Waals surface area (Å²) < 4.78 is 32.3. The number of rotatable bonds is 8. The summed E-state index contributed by atoms with van der Waals surface area (Å²) in [7, 11) is -3.78. The maximum absolute atomic E-state index is 13.3. The lowest BCUT2D eigenvalue weighted by atomic mass is 10.2. The molecule has 0 fully saturated rings. The van der Waals surface area contributed by atoms with Crippen molar-refractivity contribution < 1.29 is 13.2 Å². The largest absolute Gasteiger partial charge is 0.494 e. The van der Waals surface area contributed by atoms with Crippen LogP contribution in [0, 0.1) is 0 Å². The van der Waals surface area contributed by atoms with Crippen LogP contribution in [0.2, 0.25) is 5.02 Å². The van der Waals surface area contributed by atoms with E-state index in [9.17, 15) is 8.42 Å². The molecule has 0 amide bonds. The van der Waals surface area contributed by atoms with Crippen LogP contribution in [0.4, 0.5) is 5.82 Å². The number of fused-ring (bicyclic) bond motifs is 1. The van der Waals surface area contributed by atoms with Crippen LogP contribution in [0.5, 0.6) is 5.75 Å². The first-order chi connectivity index (χ1) is 15.5. The van der Waals surface area contributed by atoms with Crippen molar-refractivity contribution >= 4 is 38.3 Å². The molecular formula is C24H22ClN3O3S. The second-order valence-electron chi connectivity index (χ2n) is 7.15. The van der Waals surface area contributed by atoms with Crippen LogP contribution in [-0.4, -0.2) is 25.0 Å². The van der Waals surface area contributed by atoms with Gasteiger partial charge in [-0.05, 0) is 42.8 Å². The van der Waals surface area contributed by atoms with Gasteiger partial charge in [-0.3, -0.25) is 0 Å². The van der Waals surface area contributed by atoms with Crippen molar-refractivity contribution in [2.45, 2.75) is 24.2 Å². The number of nitrogens with one attached hydrogen (secondary N) is 1. The Kier molecular flexibility index (Phi) is 6.58. The molecule has 0 bridgehead atoms. The Morgan fingerprint density at radius 3 is 2.28 bits per heavy atom. The molecule has 0 spiro atoms. The van der Waals surface area contributed by atoms with E-state index in [4.69, 9.17) is 16.3 Å². The second-order valence-corrected chi connectivity index (χ2v) is 9.49. The fourth-order valence-corrected chi connectivity index (χ4v) is 4.85. The highest BCUT2D eigenvalue weighted by Crippen LogP contribution is 2.26. The van der Waals surface area contributed by atoms with Gasteiger partial charge in [0.25, 0.3) is 0 Å². The van der Waals surface area contributed by atoms with Crippen molar-refractivity contribution in [1.29, 1.82) is 0 Å². The molecule has 0 aliphatic heterocycles. The van der Waals surface area contributed by atoms with Crippen molar-refractivity contribution in [3.63, 3.8) is 0 Å². The van der Waals surface area contributed by atoms with E-state index < -0.39 is 9.84 Å². The van der Waals surface area contributed by atoms with E-state index in [1.54, 1.807) is 42.5 Å². The van der Waals surface area contributed by atoms with Crippen molar-refractivity contribution in [3.05, 3.63) is 88.9 Å². The summed E-state index contributed by atoms with van der Waals surface area (Å²) in [4.78, 5) is 9.03. The Morgan fingerprint density at radius 1 is 0.906 bits per heavy atom. The van der Waals surface area contributed by atoms with E-state index in [0.29, 0.717) is 34.8 Å². The molecule has 1 heterocycles. The molecule has 4 rings (SSSR count). The van der Waals surface area contributed by atoms with Gasteiger partial charge in [0, 0.05) is 17.1 Å². The number of anilines is 1. The summed E-state index contributed by atoms with van der Waals surface area (Å²) in [5.74, 6) is 0.743. The minimum absolute atomic E-state index is 0.0833. The molecule has 1 N–H and O–H groups in total. The predicted molar refractivity (Wildman–Crippen MR) is 127 cm³/mol. The fraction of sp³-hybridized carbons (Fsp3) is 0.167. The first-order valence-electron chi connectivity index (χ1n) is 10.1. The number of aromatic nitrogens is 2. The third kappa shape index (κ3) is 5.00. The fourth-order valence-electron chi connectivity index (χ4n) is 3.31.